The number of imidazole rings is 1. The van der Waals surface area contributed by atoms with Gasteiger partial charge in [-0.1, -0.05) is 15.9 Å². The van der Waals surface area contributed by atoms with Crippen LogP contribution in [-0.2, 0) is 0 Å². The van der Waals surface area contributed by atoms with E-state index in [2.05, 4.69) is 43.5 Å². The minimum atomic E-state index is 0.172. The Morgan fingerprint density at radius 1 is 1.26 bits per heavy atom. The van der Waals surface area contributed by atoms with Gasteiger partial charge in [0.2, 0.25) is 0 Å². The molecule has 0 spiro atoms. The molecule has 0 amide bonds. The number of rotatable bonds is 2. The molecule has 1 N–H and O–H groups in total. The van der Waals surface area contributed by atoms with Crippen molar-refractivity contribution in [1.29, 1.82) is 0 Å². The Labute approximate surface area is 124 Å². The first-order valence-electron chi connectivity index (χ1n) is 5.96. The number of nitrogens with zero attached hydrogens (tertiary/aromatic N) is 2. The van der Waals surface area contributed by atoms with Crippen molar-refractivity contribution < 1.29 is 0 Å². The zero-order chi connectivity index (χ0) is 13.4. The van der Waals surface area contributed by atoms with Gasteiger partial charge in [-0.25, -0.2) is 0 Å². The third-order valence-corrected chi connectivity index (χ3v) is 4.05. The Kier molecular flexibility index (Phi) is 3.24. The number of benzene rings is 1. The van der Waals surface area contributed by atoms with Crippen molar-refractivity contribution >= 4 is 39.2 Å². The number of aromatic nitrogens is 3. The van der Waals surface area contributed by atoms with Crippen molar-refractivity contribution in [2.24, 2.45) is 0 Å². The second-order valence-electron chi connectivity index (χ2n) is 4.42. The Bertz CT molecular complexity index is 776. The summed E-state index contributed by atoms with van der Waals surface area (Å²) < 4.78 is 3.91. The number of nitrogens with one attached hydrogen (secondary N) is 1. The summed E-state index contributed by atoms with van der Waals surface area (Å²) in [6.45, 7) is 2.14. The molecule has 3 rings (SSSR count). The van der Waals surface area contributed by atoms with Gasteiger partial charge in [-0.05, 0) is 55.0 Å². The molecule has 5 heteroatoms. The maximum Gasteiger partial charge on any atom is 0.178 e. The van der Waals surface area contributed by atoms with Crippen molar-refractivity contribution in [3.8, 4) is 0 Å². The van der Waals surface area contributed by atoms with E-state index >= 15 is 0 Å². The fourth-order valence-electron chi connectivity index (χ4n) is 2.28. The third kappa shape index (κ3) is 2.24. The maximum absolute atomic E-state index is 5.45. The molecule has 0 fully saturated rings. The second-order valence-corrected chi connectivity index (χ2v) is 5.72. The average molecular weight is 334 g/mol. The molecular weight excluding hydrogens is 322 g/mol. The van der Waals surface area contributed by atoms with E-state index in [0.717, 1.165) is 20.3 Å². The SMILES string of the molecule is CC(c1ccncc1)n1c(=S)[nH]c2cc(Br)ccc21. The van der Waals surface area contributed by atoms with Crippen molar-refractivity contribution in [1.82, 2.24) is 14.5 Å². The van der Waals surface area contributed by atoms with Gasteiger partial charge in [-0.3, -0.25) is 4.98 Å². The maximum atomic E-state index is 5.45. The van der Waals surface area contributed by atoms with Gasteiger partial charge in [0.25, 0.3) is 0 Å². The first-order valence-corrected chi connectivity index (χ1v) is 7.16. The molecule has 1 aromatic carbocycles. The lowest BCUT2D eigenvalue weighted by atomic mass is 10.1. The van der Waals surface area contributed by atoms with Crippen LogP contribution >= 0.6 is 28.1 Å². The molecule has 1 unspecified atom stereocenters. The molecule has 0 aliphatic rings. The predicted molar refractivity (Wildman–Crippen MR) is 82.9 cm³/mol. The lowest BCUT2D eigenvalue weighted by Crippen LogP contribution is -2.06. The van der Waals surface area contributed by atoms with Crippen molar-refractivity contribution in [3.05, 3.63) is 57.5 Å². The first-order chi connectivity index (χ1) is 9.16. The Balaban J connectivity index is 2.20. The highest BCUT2D eigenvalue weighted by Gasteiger charge is 2.12. The smallest absolute Gasteiger partial charge is 0.178 e. The molecule has 2 aromatic heterocycles. The van der Waals surface area contributed by atoms with Gasteiger partial charge >= 0.3 is 0 Å². The Morgan fingerprint density at radius 2 is 2.00 bits per heavy atom. The number of hydrogen-bond acceptors (Lipinski definition) is 2. The van der Waals surface area contributed by atoms with Crippen LogP contribution in [0.5, 0.6) is 0 Å². The van der Waals surface area contributed by atoms with Crippen LogP contribution in [-0.4, -0.2) is 14.5 Å². The minimum Gasteiger partial charge on any atom is -0.331 e. The van der Waals surface area contributed by atoms with Crippen molar-refractivity contribution in [3.63, 3.8) is 0 Å². The number of fused-ring (bicyclic) bond motifs is 1. The molecule has 1 atom stereocenters. The van der Waals surface area contributed by atoms with E-state index in [1.54, 1.807) is 12.4 Å². The first kappa shape index (κ1) is 12.6. The summed E-state index contributed by atoms with van der Waals surface area (Å²) in [6, 6.07) is 10.4. The van der Waals surface area contributed by atoms with Crippen LogP contribution < -0.4 is 0 Å². The lowest BCUT2D eigenvalue weighted by Gasteiger charge is -2.14. The Hall–Kier alpha value is -1.46. The van der Waals surface area contributed by atoms with Crippen LogP contribution in [0.4, 0.5) is 0 Å². The van der Waals surface area contributed by atoms with E-state index in [4.69, 9.17) is 12.2 Å². The fourth-order valence-corrected chi connectivity index (χ4v) is 3.01. The molecule has 0 bridgehead atoms. The highest BCUT2D eigenvalue weighted by atomic mass is 79.9. The Morgan fingerprint density at radius 3 is 2.74 bits per heavy atom. The summed E-state index contributed by atoms with van der Waals surface area (Å²) in [4.78, 5) is 7.31. The molecule has 2 heterocycles. The summed E-state index contributed by atoms with van der Waals surface area (Å²) in [5.41, 5.74) is 3.34. The van der Waals surface area contributed by atoms with Crippen molar-refractivity contribution in [2.75, 3.05) is 0 Å². The van der Waals surface area contributed by atoms with Gasteiger partial charge in [0.05, 0.1) is 17.1 Å². The van der Waals surface area contributed by atoms with E-state index in [0.29, 0.717) is 0 Å². The van der Waals surface area contributed by atoms with Gasteiger partial charge in [-0.15, -0.1) is 0 Å². The fraction of sp³-hybridized carbons (Fsp3) is 0.143. The predicted octanol–water partition coefficient (Wildman–Crippen LogP) is 4.47. The van der Waals surface area contributed by atoms with Crippen LogP contribution in [0.3, 0.4) is 0 Å². The molecule has 0 saturated carbocycles. The average Bonchev–Trinajstić information content (AvgIpc) is 2.74. The number of aromatic amines is 1. The van der Waals surface area contributed by atoms with Crippen molar-refractivity contribution in [2.45, 2.75) is 13.0 Å². The summed E-state index contributed by atoms with van der Waals surface area (Å²) in [7, 11) is 0. The number of halogens is 1. The molecule has 3 nitrogen and oxygen atoms in total. The molecule has 0 aliphatic carbocycles. The van der Waals surface area contributed by atoms with E-state index in [-0.39, 0.29) is 6.04 Å². The summed E-state index contributed by atoms with van der Waals surface area (Å²) >= 11 is 8.93. The van der Waals surface area contributed by atoms with Gasteiger partial charge in [0.1, 0.15) is 0 Å². The third-order valence-electron chi connectivity index (χ3n) is 3.25. The molecule has 0 saturated heterocycles. The molecule has 96 valence electrons. The zero-order valence-electron chi connectivity index (χ0n) is 10.3. The van der Waals surface area contributed by atoms with E-state index in [9.17, 15) is 0 Å². The molecule has 3 aromatic rings. The topological polar surface area (TPSA) is 33.6 Å². The lowest BCUT2D eigenvalue weighted by molar-refractivity contribution is 0.648. The van der Waals surface area contributed by atoms with Crippen LogP contribution in [0.25, 0.3) is 11.0 Å². The van der Waals surface area contributed by atoms with Gasteiger partial charge in [-0.2, -0.15) is 0 Å². The number of H-pyrrole nitrogens is 1. The quantitative estimate of drug-likeness (QED) is 0.702. The number of pyridine rings is 1. The molecular formula is C14H12BrN3S. The highest BCUT2D eigenvalue weighted by Crippen LogP contribution is 2.25. The monoisotopic (exact) mass is 333 g/mol. The number of hydrogen-bond donors (Lipinski definition) is 1. The van der Waals surface area contributed by atoms with Gasteiger partial charge < -0.3 is 9.55 Å². The van der Waals surface area contributed by atoms with Crippen LogP contribution in [0, 0.1) is 4.77 Å². The second kappa shape index (κ2) is 4.90. The van der Waals surface area contributed by atoms with E-state index in [1.807, 2.05) is 24.3 Å². The van der Waals surface area contributed by atoms with E-state index in [1.165, 1.54) is 5.56 Å². The van der Waals surface area contributed by atoms with Gasteiger partial charge in [0.15, 0.2) is 4.77 Å². The van der Waals surface area contributed by atoms with E-state index < -0.39 is 0 Å². The summed E-state index contributed by atoms with van der Waals surface area (Å²) in [5.74, 6) is 0. The van der Waals surface area contributed by atoms with Gasteiger partial charge in [0, 0.05) is 16.9 Å². The molecule has 0 radical (unpaired) electrons. The highest BCUT2D eigenvalue weighted by molar-refractivity contribution is 9.10. The van der Waals surface area contributed by atoms with Crippen LogP contribution in [0.2, 0.25) is 0 Å². The van der Waals surface area contributed by atoms with Crippen LogP contribution in [0.1, 0.15) is 18.5 Å². The molecule has 19 heavy (non-hydrogen) atoms. The zero-order valence-corrected chi connectivity index (χ0v) is 12.7. The normalized spacial score (nSPS) is 12.7. The van der Waals surface area contributed by atoms with Crippen LogP contribution in [0.15, 0.2) is 47.2 Å². The summed E-state index contributed by atoms with van der Waals surface area (Å²) in [6.07, 6.45) is 3.61. The summed E-state index contributed by atoms with van der Waals surface area (Å²) in [5, 5.41) is 0. The minimum absolute atomic E-state index is 0.172. The largest absolute Gasteiger partial charge is 0.331 e. The standard InChI is InChI=1S/C14H12BrN3S/c1-9(10-4-6-16-7-5-10)18-13-3-2-11(15)8-12(13)17-14(18)19/h2-9H,1H3,(H,17,19). The molecule has 0 aliphatic heterocycles.